The number of benzene rings is 3. The van der Waals surface area contributed by atoms with Crippen molar-refractivity contribution in [1.29, 1.82) is 0 Å². The molecule has 0 saturated carbocycles. The Kier molecular flexibility index (Phi) is 27.6. The minimum absolute atomic E-state index is 0. The summed E-state index contributed by atoms with van der Waals surface area (Å²) in [7, 11) is -10.8. The van der Waals surface area contributed by atoms with Crippen molar-refractivity contribution in [3.63, 3.8) is 0 Å². The fourth-order valence-electron chi connectivity index (χ4n) is 6.40. The van der Waals surface area contributed by atoms with Crippen LogP contribution in [0.2, 0.25) is 0 Å². The third-order valence-corrected chi connectivity index (χ3v) is 13.6. The third-order valence-electron chi connectivity index (χ3n) is 9.84. The molecule has 43 heteroatoms. The van der Waals surface area contributed by atoms with E-state index >= 15 is 0 Å². The van der Waals surface area contributed by atoms with Crippen molar-refractivity contribution < 1.29 is 102 Å². The van der Waals surface area contributed by atoms with Gasteiger partial charge in [-0.3, -0.25) is 19.7 Å². The number of aliphatic imine (C=N–C) groups is 1. The quantitative estimate of drug-likeness (QED) is 0.0161. The van der Waals surface area contributed by atoms with Gasteiger partial charge in [0.15, 0.2) is 22.9 Å². The fourth-order valence-corrected chi connectivity index (χ4v) is 8.88. The van der Waals surface area contributed by atoms with Gasteiger partial charge >= 0.3 is 41.1 Å². The summed E-state index contributed by atoms with van der Waals surface area (Å²) in [6.07, 6.45) is 3.03. The van der Waals surface area contributed by atoms with Crippen LogP contribution in [-0.2, 0) is 49.7 Å². The molecule has 5 aromatic heterocycles. The molecule has 0 aliphatic rings. The summed E-state index contributed by atoms with van der Waals surface area (Å²) in [4.78, 5) is 28.3. The standard InChI is InChI=1S/C14H13BrFN5O5S.C13H12BrFN6O5S.C12H14BrFN6O4S.ClH.Na.H2O/c1-27(23,24)17-6-2-3-11-12(19-26-18-11)13-20-25-14(22)21(13)8-4-5-10(16)9(15)7-8;14-8-6-7(3-4-9(8)15)21-12(20-25-13(21)22)11-10(18-26-19-11)2-1-5-17-27(16,23)24;13-8-6-7(3-4-9(8)14)17-12(18-21)11-10(19-24-20-11)2-1-5-16-25(15,22)23;;;/h4-5,7,17H,2-3,6H2,1H3;3-4,6,17H,1-2,5H2,(H2,16,23,24);3-4,6,16,21H,1-2,5H2,(H,17,18)(H2,15,22,23);1H;;1H2/q;;;;+1;/p-1. The smallest absolute Gasteiger partial charge is 0.870 e. The number of nitrogens with zero attached hydrogens (tertiary/aromatic N) is 11. The first-order valence-corrected chi connectivity index (χ1v) is 29.2. The van der Waals surface area contributed by atoms with Gasteiger partial charge < -0.3 is 5.48 Å². The number of sulfonamides is 1. The topological polar surface area (TPSA) is 478 Å². The van der Waals surface area contributed by atoms with Gasteiger partial charge in [0.25, 0.3) is 20.4 Å². The molecule has 0 spiro atoms. The fraction of sp³-hybridized carbons (Fsp3) is 0.256. The second-order valence-corrected chi connectivity index (χ2v) is 22.8. The van der Waals surface area contributed by atoms with Crippen LogP contribution in [0.15, 0.2) is 106 Å². The summed E-state index contributed by atoms with van der Waals surface area (Å²) in [5.41, 5.74) is 4.30. The van der Waals surface area contributed by atoms with Crippen molar-refractivity contribution in [3.8, 4) is 34.4 Å². The van der Waals surface area contributed by atoms with Gasteiger partial charge in [-0.05, 0) is 156 Å². The SMILES string of the molecule is CS(=O)(=O)NCCCc1nonc1-c1noc(=O)n1-c1ccc(F)c(Br)c1.Cl.NS(=O)(=O)NCCCc1nonc1-c1noc(=O)n1-c1ccc(F)c(Br)c1.NS(=O)(=O)NCCCc1nonc1C(=Nc1ccc(F)c(Br)c1)NO.[Na+].[OH-]. The molecule has 440 valence electrons. The molecule has 10 N–H and O–H groups in total. The summed E-state index contributed by atoms with van der Waals surface area (Å²) in [5.74, 6) is -3.08. The summed E-state index contributed by atoms with van der Waals surface area (Å²) in [6, 6.07) is 11.9. The van der Waals surface area contributed by atoms with Crippen molar-refractivity contribution >= 4 is 102 Å². The average Bonchev–Trinajstić information content (AvgIpc) is 4.27. The second kappa shape index (κ2) is 32.0. The van der Waals surface area contributed by atoms with E-state index in [4.69, 9.17) is 28.6 Å². The first-order chi connectivity index (χ1) is 37.3. The van der Waals surface area contributed by atoms with E-state index in [0.29, 0.717) is 54.1 Å². The number of hydrogen-bond acceptors (Lipinski definition) is 24. The van der Waals surface area contributed by atoms with Crippen LogP contribution in [0.5, 0.6) is 0 Å². The Labute approximate surface area is 513 Å². The Morgan fingerprint density at radius 2 is 1.00 bits per heavy atom. The molecule has 32 nitrogen and oxygen atoms in total. The van der Waals surface area contributed by atoms with E-state index in [1.165, 1.54) is 54.6 Å². The number of aromatic nitrogens is 10. The van der Waals surface area contributed by atoms with Gasteiger partial charge in [-0.1, -0.05) is 25.8 Å². The molecule has 0 bridgehead atoms. The number of halogens is 7. The Balaban J connectivity index is 0.000000317. The summed E-state index contributed by atoms with van der Waals surface area (Å²) >= 11 is 9.15. The van der Waals surface area contributed by atoms with Crippen LogP contribution in [0.3, 0.4) is 0 Å². The number of hydroxylamine groups is 1. The van der Waals surface area contributed by atoms with E-state index in [1.54, 1.807) is 0 Å². The zero-order chi connectivity index (χ0) is 57.7. The minimum atomic E-state index is -3.79. The monoisotopic (exact) mass is 1430 g/mol. The summed E-state index contributed by atoms with van der Waals surface area (Å²) < 4.78 is 139. The molecule has 0 unspecified atom stereocenters. The van der Waals surface area contributed by atoms with Gasteiger partial charge in [-0.15, -0.1) is 12.4 Å². The molecular weight excluding hydrogens is 1400 g/mol. The summed E-state index contributed by atoms with van der Waals surface area (Å²) in [5, 5.41) is 48.7. The molecule has 3 aromatic carbocycles. The first kappa shape index (κ1) is 70.8. The Morgan fingerprint density at radius 1 is 0.610 bits per heavy atom. The molecule has 0 saturated heterocycles. The first-order valence-electron chi connectivity index (χ1n) is 21.8. The maximum atomic E-state index is 13.5. The second-order valence-electron chi connectivity index (χ2n) is 15.6. The van der Waals surface area contributed by atoms with Crippen LogP contribution in [0, 0.1) is 17.5 Å². The molecule has 0 fully saturated rings. The van der Waals surface area contributed by atoms with Crippen molar-refractivity contribution in [3.05, 3.63) is 129 Å². The van der Waals surface area contributed by atoms with E-state index in [9.17, 15) is 53.2 Å². The molecular formula is C39H41Br3ClF3N17NaO15S3. The van der Waals surface area contributed by atoms with E-state index in [-0.39, 0.29) is 134 Å². The predicted molar refractivity (Wildman–Crippen MR) is 285 cm³/mol. The Hall–Kier alpha value is -5.48. The van der Waals surface area contributed by atoms with Gasteiger partial charge in [0, 0.05) is 19.6 Å². The number of amidine groups is 1. The molecule has 8 aromatic rings. The van der Waals surface area contributed by atoms with E-state index < -0.39 is 59.4 Å². The van der Waals surface area contributed by atoms with Crippen LogP contribution in [0.25, 0.3) is 34.4 Å². The molecule has 5 heterocycles. The van der Waals surface area contributed by atoms with Crippen LogP contribution in [0.1, 0.15) is 42.0 Å². The van der Waals surface area contributed by atoms with Crippen molar-refractivity contribution in [2.24, 2.45) is 15.3 Å². The van der Waals surface area contributed by atoms with Crippen LogP contribution >= 0.6 is 60.2 Å². The van der Waals surface area contributed by atoms with Crippen molar-refractivity contribution in [1.82, 2.24) is 70.0 Å². The zero-order valence-electron chi connectivity index (χ0n) is 41.7. The molecule has 82 heavy (non-hydrogen) atoms. The van der Waals surface area contributed by atoms with Gasteiger partial charge in [-0.25, -0.2) is 83.6 Å². The van der Waals surface area contributed by atoms with Crippen LogP contribution in [-0.4, -0.2) is 118 Å². The van der Waals surface area contributed by atoms with Gasteiger partial charge in [0.2, 0.25) is 21.7 Å². The Morgan fingerprint density at radius 3 is 1.40 bits per heavy atom. The Bertz CT molecular complexity index is 3750. The van der Waals surface area contributed by atoms with Crippen LogP contribution in [0.4, 0.5) is 18.9 Å². The minimum Gasteiger partial charge on any atom is -0.870 e. The predicted octanol–water partition coefficient (Wildman–Crippen LogP) is -0.235. The number of nitrogens with one attached hydrogen (secondary N) is 4. The number of nitrogens with two attached hydrogens (primary N) is 2. The molecule has 0 aliphatic carbocycles. The van der Waals surface area contributed by atoms with Crippen LogP contribution < -0.4 is 71.0 Å². The number of hydrogen-bond donors (Lipinski definition) is 7. The summed E-state index contributed by atoms with van der Waals surface area (Å²) in [6.45, 7) is 0.360. The third kappa shape index (κ3) is 20.7. The van der Waals surface area contributed by atoms with Crippen molar-refractivity contribution in [2.45, 2.75) is 38.5 Å². The normalized spacial score (nSPS) is 11.6. The molecule has 0 radical (unpaired) electrons. The van der Waals surface area contributed by atoms with E-state index in [1.807, 2.05) is 5.48 Å². The number of rotatable bonds is 21. The number of aryl methyl sites for hydroxylation is 3. The molecule has 0 aliphatic heterocycles. The average molecular weight is 1440 g/mol. The molecule has 0 amide bonds. The van der Waals surface area contributed by atoms with E-state index in [2.05, 4.69) is 113 Å². The molecule has 0 atom stereocenters. The van der Waals surface area contributed by atoms with Gasteiger partial charge in [-0.2, -0.15) is 16.8 Å². The van der Waals surface area contributed by atoms with Crippen molar-refractivity contribution in [2.75, 3.05) is 25.9 Å². The maximum Gasteiger partial charge on any atom is 1.00 e. The molecule has 8 rings (SSSR count). The zero-order valence-corrected chi connectivity index (χ0v) is 51.8. The maximum absolute atomic E-state index is 13.5. The van der Waals surface area contributed by atoms with E-state index in [0.717, 1.165) is 15.4 Å². The van der Waals surface area contributed by atoms with Gasteiger partial charge in [0.05, 0.1) is 36.7 Å². The van der Waals surface area contributed by atoms with Gasteiger partial charge in [0.1, 0.15) is 34.5 Å². The largest absolute Gasteiger partial charge is 1.00 e.